The molecule has 3 rings (SSSR count). The molecule has 0 aliphatic rings. The predicted octanol–water partition coefficient (Wildman–Crippen LogP) is 3.62. The van der Waals surface area contributed by atoms with Gasteiger partial charge in [-0.3, -0.25) is 9.59 Å². The van der Waals surface area contributed by atoms with Crippen LogP contribution in [0.15, 0.2) is 53.1 Å². The highest BCUT2D eigenvalue weighted by molar-refractivity contribution is 5.91. The zero-order valence-corrected chi connectivity index (χ0v) is 16.5. The molecule has 1 atom stereocenters. The van der Waals surface area contributed by atoms with E-state index in [2.05, 4.69) is 32.2 Å². The quantitative estimate of drug-likeness (QED) is 0.658. The molecule has 5 heteroatoms. The Hall–Kier alpha value is -3.08. The number of hydrogen-bond acceptors (Lipinski definition) is 3. The maximum Gasteiger partial charge on any atom is 0.240 e. The first-order valence-electron chi connectivity index (χ1n) is 9.48. The van der Waals surface area contributed by atoms with E-state index in [9.17, 15) is 9.59 Å². The molecule has 5 nitrogen and oxygen atoms in total. The van der Waals surface area contributed by atoms with Crippen molar-refractivity contribution in [2.24, 2.45) is 5.73 Å². The molecule has 3 N–H and O–H groups in total. The summed E-state index contributed by atoms with van der Waals surface area (Å²) in [6.45, 7) is 6.34. The molecule has 1 aromatic heterocycles. The van der Waals surface area contributed by atoms with E-state index in [1.54, 1.807) is 6.26 Å². The number of amides is 2. The molecule has 2 amide bonds. The topological polar surface area (TPSA) is 85.3 Å². The number of nitrogens with one attached hydrogen (secondary N) is 1. The van der Waals surface area contributed by atoms with Crippen molar-refractivity contribution in [3.63, 3.8) is 0 Å². The summed E-state index contributed by atoms with van der Waals surface area (Å²) < 4.78 is 5.64. The largest absolute Gasteiger partial charge is 0.464 e. The minimum atomic E-state index is -0.749. The molecule has 0 saturated carbocycles. The lowest BCUT2D eigenvalue weighted by Gasteiger charge is -2.15. The summed E-state index contributed by atoms with van der Waals surface area (Å²) in [4.78, 5) is 24.4. The van der Waals surface area contributed by atoms with Gasteiger partial charge < -0.3 is 15.5 Å². The first-order chi connectivity index (χ1) is 13.3. The summed E-state index contributed by atoms with van der Waals surface area (Å²) in [7, 11) is 0. The maximum atomic E-state index is 12.6. The molecule has 0 bridgehead atoms. The molecule has 3 aromatic rings. The van der Waals surface area contributed by atoms with Crippen LogP contribution in [0.1, 0.15) is 42.0 Å². The van der Waals surface area contributed by atoms with Gasteiger partial charge in [0.25, 0.3) is 0 Å². The van der Waals surface area contributed by atoms with Crippen molar-refractivity contribution in [3.05, 3.63) is 71.0 Å². The van der Waals surface area contributed by atoms with Gasteiger partial charge >= 0.3 is 0 Å². The van der Waals surface area contributed by atoms with Gasteiger partial charge in [-0.2, -0.15) is 0 Å². The molecule has 0 fully saturated rings. The first-order valence-corrected chi connectivity index (χ1v) is 9.48. The Morgan fingerprint density at radius 3 is 2.50 bits per heavy atom. The predicted molar refractivity (Wildman–Crippen MR) is 110 cm³/mol. The first kappa shape index (κ1) is 19.7. The fourth-order valence-corrected chi connectivity index (χ4v) is 3.49. The summed E-state index contributed by atoms with van der Waals surface area (Å²) in [5, 5.41) is 3.69. The van der Waals surface area contributed by atoms with Gasteiger partial charge in [0.15, 0.2) is 0 Å². The number of benzene rings is 2. The number of carbonyl (C=O) groups excluding carboxylic acids is 2. The third-order valence-electron chi connectivity index (χ3n) is 4.98. The molecule has 0 saturated heterocycles. The molecule has 1 heterocycles. The number of primary amides is 1. The second-order valence-corrected chi connectivity index (χ2v) is 7.51. The van der Waals surface area contributed by atoms with E-state index in [-0.39, 0.29) is 12.3 Å². The summed E-state index contributed by atoms with van der Waals surface area (Å²) in [6.07, 6.45) is 2.11. The van der Waals surface area contributed by atoms with Crippen LogP contribution in [0.3, 0.4) is 0 Å². The molecule has 0 aliphatic carbocycles. The fourth-order valence-electron chi connectivity index (χ4n) is 3.49. The average molecular weight is 378 g/mol. The van der Waals surface area contributed by atoms with Crippen molar-refractivity contribution < 1.29 is 14.0 Å². The van der Waals surface area contributed by atoms with Gasteiger partial charge in [-0.15, -0.1) is 0 Å². The zero-order valence-electron chi connectivity index (χ0n) is 16.5. The van der Waals surface area contributed by atoms with Crippen LogP contribution >= 0.6 is 0 Å². The van der Waals surface area contributed by atoms with Crippen molar-refractivity contribution in [2.75, 3.05) is 0 Å². The van der Waals surface area contributed by atoms with Gasteiger partial charge in [0.05, 0.1) is 12.7 Å². The van der Waals surface area contributed by atoms with Gasteiger partial charge in [-0.25, -0.2) is 0 Å². The fraction of sp³-hybridized carbons (Fsp3) is 0.304. The highest BCUT2D eigenvalue weighted by atomic mass is 16.3. The molecule has 0 spiro atoms. The van der Waals surface area contributed by atoms with Crippen LogP contribution in [-0.2, 0) is 22.4 Å². The normalized spacial score (nSPS) is 12.3. The van der Waals surface area contributed by atoms with Crippen LogP contribution in [0.25, 0.3) is 11.0 Å². The zero-order chi connectivity index (χ0) is 20.3. The van der Waals surface area contributed by atoms with E-state index in [1.165, 1.54) is 11.1 Å². The van der Waals surface area contributed by atoms with Crippen molar-refractivity contribution >= 4 is 22.8 Å². The minimum Gasteiger partial charge on any atom is -0.464 e. The standard InChI is InChI=1S/C23H26N2O3/c1-14(2)18-12-19-17(13-28-21(19)9-15(18)3)11-22(26)25-20(23(24)27)10-16-7-5-4-6-8-16/h4-9,12-14,20H,10-11H2,1-3H3,(H2,24,27)(H,25,26). The van der Waals surface area contributed by atoms with Crippen molar-refractivity contribution in [2.45, 2.75) is 45.6 Å². The number of aryl methyl sites for hydroxylation is 1. The van der Waals surface area contributed by atoms with E-state index in [0.717, 1.165) is 22.1 Å². The third-order valence-corrected chi connectivity index (χ3v) is 4.98. The number of fused-ring (bicyclic) bond motifs is 1. The van der Waals surface area contributed by atoms with Crippen LogP contribution in [0.4, 0.5) is 0 Å². The smallest absolute Gasteiger partial charge is 0.240 e. The highest BCUT2D eigenvalue weighted by Gasteiger charge is 2.20. The second kappa shape index (κ2) is 8.30. The molecule has 146 valence electrons. The number of furan rings is 1. The van der Waals surface area contributed by atoms with Crippen LogP contribution in [-0.4, -0.2) is 17.9 Å². The Labute approximate surface area is 164 Å². The molecule has 1 unspecified atom stereocenters. The Kier molecular flexibility index (Phi) is 5.83. The lowest BCUT2D eigenvalue weighted by Crippen LogP contribution is -2.46. The van der Waals surface area contributed by atoms with Crippen LogP contribution in [0.5, 0.6) is 0 Å². The van der Waals surface area contributed by atoms with Crippen molar-refractivity contribution in [1.29, 1.82) is 0 Å². The lowest BCUT2D eigenvalue weighted by atomic mass is 9.95. The van der Waals surface area contributed by atoms with Gasteiger partial charge in [-0.1, -0.05) is 44.2 Å². The number of hydrogen-bond donors (Lipinski definition) is 2. The Morgan fingerprint density at radius 2 is 1.86 bits per heavy atom. The third kappa shape index (κ3) is 4.42. The maximum absolute atomic E-state index is 12.6. The second-order valence-electron chi connectivity index (χ2n) is 7.51. The number of rotatable bonds is 7. The van der Waals surface area contributed by atoms with Crippen molar-refractivity contribution in [1.82, 2.24) is 5.32 Å². The summed E-state index contributed by atoms with van der Waals surface area (Å²) in [6, 6.07) is 12.8. The van der Waals surface area contributed by atoms with E-state index in [0.29, 0.717) is 12.3 Å². The Balaban J connectivity index is 1.76. The average Bonchev–Trinajstić information content (AvgIpc) is 3.02. The van der Waals surface area contributed by atoms with E-state index in [1.807, 2.05) is 36.4 Å². The van der Waals surface area contributed by atoms with Crippen molar-refractivity contribution in [3.8, 4) is 0 Å². The Morgan fingerprint density at radius 1 is 1.14 bits per heavy atom. The Bertz CT molecular complexity index is 990. The molecular formula is C23H26N2O3. The molecule has 0 aliphatic heterocycles. The summed E-state index contributed by atoms with van der Waals surface area (Å²) in [5.74, 6) is -0.424. The summed E-state index contributed by atoms with van der Waals surface area (Å²) in [5.41, 5.74) is 10.4. The summed E-state index contributed by atoms with van der Waals surface area (Å²) >= 11 is 0. The lowest BCUT2D eigenvalue weighted by molar-refractivity contribution is -0.126. The van der Waals surface area contributed by atoms with Gasteiger partial charge in [0.1, 0.15) is 11.6 Å². The van der Waals surface area contributed by atoms with Gasteiger partial charge in [0, 0.05) is 17.4 Å². The molecule has 0 radical (unpaired) electrons. The van der Waals surface area contributed by atoms with E-state index < -0.39 is 11.9 Å². The number of nitrogens with two attached hydrogens (primary N) is 1. The minimum absolute atomic E-state index is 0.131. The molecular weight excluding hydrogens is 352 g/mol. The molecule has 2 aromatic carbocycles. The highest BCUT2D eigenvalue weighted by Crippen LogP contribution is 2.29. The SMILES string of the molecule is Cc1cc2occ(CC(=O)NC(Cc3ccccc3)C(N)=O)c2cc1C(C)C. The van der Waals surface area contributed by atoms with Crippen LogP contribution in [0, 0.1) is 6.92 Å². The molecule has 28 heavy (non-hydrogen) atoms. The van der Waals surface area contributed by atoms with Crippen LogP contribution < -0.4 is 11.1 Å². The van der Waals surface area contributed by atoms with Gasteiger partial charge in [0.2, 0.25) is 11.8 Å². The monoisotopic (exact) mass is 378 g/mol. The van der Waals surface area contributed by atoms with Crippen LogP contribution in [0.2, 0.25) is 0 Å². The van der Waals surface area contributed by atoms with Gasteiger partial charge in [-0.05, 0) is 41.7 Å². The number of carbonyl (C=O) groups is 2. The van der Waals surface area contributed by atoms with E-state index >= 15 is 0 Å². The van der Waals surface area contributed by atoms with E-state index in [4.69, 9.17) is 10.2 Å².